The number of aryl methyl sites for hydroxylation is 2. The van der Waals surface area contributed by atoms with Crippen LogP contribution in [0.5, 0.6) is 0 Å². The maximum Gasteiger partial charge on any atom is 0.153 e. The Morgan fingerprint density at radius 3 is 2.77 bits per heavy atom. The first kappa shape index (κ1) is 16.0. The molecule has 0 bridgehead atoms. The second-order valence-electron chi connectivity index (χ2n) is 6.57. The zero-order chi connectivity index (χ0) is 15.6. The predicted octanol–water partition coefficient (Wildman–Crippen LogP) is 0.204. The molecule has 6 nitrogen and oxygen atoms in total. The van der Waals surface area contributed by atoms with Gasteiger partial charge in [-0.2, -0.15) is 5.10 Å². The molecule has 1 aromatic heterocycles. The Balaban J connectivity index is 1.49. The van der Waals surface area contributed by atoms with Crippen LogP contribution < -0.4 is 5.32 Å². The summed E-state index contributed by atoms with van der Waals surface area (Å²) in [6, 6.07) is 0.267. The zero-order valence-corrected chi connectivity index (χ0v) is 14.1. The molecule has 2 fully saturated rings. The highest BCUT2D eigenvalue weighted by atomic mass is 32.2. The molecular formula is C15H26N4O2S. The third-order valence-electron chi connectivity index (χ3n) is 4.74. The van der Waals surface area contributed by atoms with Gasteiger partial charge in [-0.1, -0.05) is 0 Å². The Hall–Kier alpha value is -0.920. The quantitative estimate of drug-likeness (QED) is 0.757. The molecule has 1 aromatic rings. The van der Waals surface area contributed by atoms with E-state index in [0.29, 0.717) is 11.5 Å². The lowest BCUT2D eigenvalue weighted by atomic mass is 10.1. The summed E-state index contributed by atoms with van der Waals surface area (Å²) in [7, 11) is -0.963. The molecule has 1 N–H and O–H groups in total. The topological polar surface area (TPSA) is 67.2 Å². The Bertz CT molecular complexity index is 592. The van der Waals surface area contributed by atoms with Crippen LogP contribution in [0.2, 0.25) is 0 Å². The van der Waals surface area contributed by atoms with Gasteiger partial charge in [0, 0.05) is 25.3 Å². The van der Waals surface area contributed by atoms with E-state index in [1.54, 1.807) is 0 Å². The largest absolute Gasteiger partial charge is 0.311 e. The van der Waals surface area contributed by atoms with Gasteiger partial charge < -0.3 is 5.32 Å². The van der Waals surface area contributed by atoms with Gasteiger partial charge >= 0.3 is 0 Å². The molecule has 22 heavy (non-hydrogen) atoms. The number of nitrogens with zero attached hydrogens (tertiary/aromatic N) is 3. The predicted molar refractivity (Wildman–Crippen MR) is 86.6 cm³/mol. The number of hydrogen-bond donors (Lipinski definition) is 1. The van der Waals surface area contributed by atoms with Crippen molar-refractivity contribution in [3.63, 3.8) is 0 Å². The molecule has 0 aliphatic carbocycles. The molecule has 3 heterocycles. The lowest BCUT2D eigenvalue weighted by Gasteiger charge is -2.28. The maximum atomic E-state index is 12.0. The Kier molecular flexibility index (Phi) is 4.84. The van der Waals surface area contributed by atoms with Crippen LogP contribution >= 0.6 is 0 Å². The Morgan fingerprint density at radius 2 is 2.09 bits per heavy atom. The molecule has 0 spiro atoms. The number of likely N-dealkylation sites (tertiary alicyclic amines) is 1. The van der Waals surface area contributed by atoms with E-state index in [9.17, 15) is 8.42 Å². The first-order valence-electron chi connectivity index (χ1n) is 8.19. The lowest BCUT2D eigenvalue weighted by Crippen LogP contribution is -2.48. The molecule has 2 aliphatic rings. The standard InChI is InChI=1S/C15H26N4O2S/c1-18-10-13(9-17-18)5-4-6-16-14-11-22(20,21)12-15(14)19-7-2-3-8-19/h9-10,14-16H,2-8,11-12H2,1H3/t14-,15-/m0/s1. The SMILES string of the molecule is Cn1cc(CCCN[C@H]2CS(=O)(=O)C[C@@H]2N2CCCC2)cn1. The van der Waals surface area contributed by atoms with Crippen LogP contribution in [0.15, 0.2) is 12.4 Å². The minimum Gasteiger partial charge on any atom is -0.311 e. The fraction of sp³-hybridized carbons (Fsp3) is 0.800. The second-order valence-corrected chi connectivity index (χ2v) is 8.73. The van der Waals surface area contributed by atoms with Crippen molar-refractivity contribution in [1.29, 1.82) is 0 Å². The summed E-state index contributed by atoms with van der Waals surface area (Å²) in [5.41, 5.74) is 1.24. The number of hydrogen-bond acceptors (Lipinski definition) is 5. The van der Waals surface area contributed by atoms with Crippen LogP contribution in [0.25, 0.3) is 0 Å². The molecule has 2 aliphatic heterocycles. The number of aromatic nitrogens is 2. The van der Waals surface area contributed by atoms with Gasteiger partial charge in [-0.25, -0.2) is 8.42 Å². The third-order valence-corrected chi connectivity index (χ3v) is 6.46. The van der Waals surface area contributed by atoms with Crippen LogP contribution in [0, 0.1) is 0 Å². The minimum absolute atomic E-state index is 0.0944. The molecular weight excluding hydrogens is 300 g/mol. The normalized spacial score (nSPS) is 28.4. The smallest absolute Gasteiger partial charge is 0.153 e. The summed E-state index contributed by atoms with van der Waals surface area (Å²) in [4.78, 5) is 2.36. The zero-order valence-electron chi connectivity index (χ0n) is 13.2. The molecule has 3 rings (SSSR count). The average Bonchev–Trinajstić information content (AvgIpc) is 3.15. The molecule has 0 unspecified atom stereocenters. The van der Waals surface area contributed by atoms with Crippen LogP contribution in [0.3, 0.4) is 0 Å². The Labute approximate surface area is 132 Å². The van der Waals surface area contributed by atoms with Crippen molar-refractivity contribution >= 4 is 9.84 Å². The van der Waals surface area contributed by atoms with Gasteiger partial charge in [-0.3, -0.25) is 9.58 Å². The van der Waals surface area contributed by atoms with Crippen molar-refractivity contribution < 1.29 is 8.42 Å². The van der Waals surface area contributed by atoms with Gasteiger partial charge in [0.25, 0.3) is 0 Å². The molecule has 2 saturated heterocycles. The summed E-state index contributed by atoms with van der Waals surface area (Å²) < 4.78 is 25.8. The second kappa shape index (κ2) is 6.68. The van der Waals surface area contributed by atoms with E-state index < -0.39 is 9.84 Å². The number of rotatable bonds is 6. The van der Waals surface area contributed by atoms with E-state index in [-0.39, 0.29) is 12.1 Å². The van der Waals surface area contributed by atoms with Crippen LogP contribution in [-0.4, -0.2) is 66.3 Å². The van der Waals surface area contributed by atoms with Gasteiger partial charge in [-0.05, 0) is 50.9 Å². The van der Waals surface area contributed by atoms with Gasteiger partial charge in [0.1, 0.15) is 0 Å². The van der Waals surface area contributed by atoms with Gasteiger partial charge in [0.05, 0.1) is 17.7 Å². The summed E-state index contributed by atoms with van der Waals surface area (Å²) >= 11 is 0. The van der Waals surface area contributed by atoms with Crippen molar-refractivity contribution in [2.45, 2.75) is 37.8 Å². The van der Waals surface area contributed by atoms with E-state index >= 15 is 0 Å². The lowest BCUT2D eigenvalue weighted by molar-refractivity contribution is 0.226. The van der Waals surface area contributed by atoms with Crippen LogP contribution in [0.4, 0.5) is 0 Å². The molecule has 7 heteroatoms. The van der Waals surface area contributed by atoms with E-state index in [1.807, 2.05) is 24.1 Å². The Morgan fingerprint density at radius 1 is 1.32 bits per heavy atom. The summed E-state index contributed by atoms with van der Waals surface area (Å²) in [5, 5.41) is 7.66. The molecule has 2 atom stereocenters. The number of sulfone groups is 1. The molecule has 0 aromatic carbocycles. The fourth-order valence-electron chi connectivity index (χ4n) is 3.64. The third kappa shape index (κ3) is 3.88. The number of nitrogens with one attached hydrogen (secondary N) is 1. The summed E-state index contributed by atoms with van der Waals surface area (Å²) in [6.45, 7) is 2.96. The van der Waals surface area contributed by atoms with Gasteiger partial charge in [0.15, 0.2) is 9.84 Å². The summed E-state index contributed by atoms with van der Waals surface area (Å²) in [5.74, 6) is 0.619. The van der Waals surface area contributed by atoms with E-state index in [1.165, 1.54) is 18.4 Å². The van der Waals surface area contributed by atoms with Gasteiger partial charge in [0.2, 0.25) is 0 Å². The van der Waals surface area contributed by atoms with Crippen molar-refractivity contribution in [1.82, 2.24) is 20.0 Å². The first-order valence-corrected chi connectivity index (χ1v) is 10.0. The van der Waals surface area contributed by atoms with Crippen LogP contribution in [-0.2, 0) is 23.3 Å². The van der Waals surface area contributed by atoms with E-state index in [0.717, 1.165) is 32.5 Å². The molecule has 0 amide bonds. The van der Waals surface area contributed by atoms with Crippen molar-refractivity contribution in [3.05, 3.63) is 18.0 Å². The summed E-state index contributed by atoms with van der Waals surface area (Å²) in [6.07, 6.45) is 8.32. The monoisotopic (exact) mass is 326 g/mol. The molecule has 0 saturated carbocycles. The molecule has 124 valence electrons. The first-order chi connectivity index (χ1) is 10.5. The van der Waals surface area contributed by atoms with Crippen molar-refractivity contribution in [2.75, 3.05) is 31.1 Å². The van der Waals surface area contributed by atoms with Gasteiger partial charge in [-0.15, -0.1) is 0 Å². The minimum atomic E-state index is -2.89. The van der Waals surface area contributed by atoms with Crippen LogP contribution in [0.1, 0.15) is 24.8 Å². The highest BCUT2D eigenvalue weighted by Crippen LogP contribution is 2.22. The fourth-order valence-corrected chi connectivity index (χ4v) is 5.62. The average molecular weight is 326 g/mol. The molecule has 0 radical (unpaired) electrons. The van der Waals surface area contributed by atoms with E-state index in [4.69, 9.17) is 0 Å². The van der Waals surface area contributed by atoms with E-state index in [2.05, 4.69) is 15.3 Å². The van der Waals surface area contributed by atoms with Crippen molar-refractivity contribution in [2.24, 2.45) is 7.05 Å². The van der Waals surface area contributed by atoms with Crippen molar-refractivity contribution in [3.8, 4) is 0 Å². The highest BCUT2D eigenvalue weighted by molar-refractivity contribution is 7.91. The highest BCUT2D eigenvalue weighted by Gasteiger charge is 2.41. The maximum absolute atomic E-state index is 12.0.